The second kappa shape index (κ2) is 8.99. The molecule has 0 N–H and O–H groups in total. The van der Waals surface area contributed by atoms with Crippen molar-refractivity contribution in [3.05, 3.63) is 71.2 Å². The van der Waals surface area contributed by atoms with Gasteiger partial charge in [0.05, 0.1) is 24.5 Å². The molecule has 4 heterocycles. The van der Waals surface area contributed by atoms with Crippen molar-refractivity contribution in [3.63, 3.8) is 0 Å². The van der Waals surface area contributed by atoms with Crippen LogP contribution in [0.1, 0.15) is 22.4 Å². The fourth-order valence-corrected chi connectivity index (χ4v) is 4.07. The summed E-state index contributed by atoms with van der Waals surface area (Å²) in [6.45, 7) is 7.66. The monoisotopic (exact) mass is 417 g/mol. The molecule has 0 bridgehead atoms. The lowest BCUT2D eigenvalue weighted by Gasteiger charge is -2.32. The summed E-state index contributed by atoms with van der Waals surface area (Å²) < 4.78 is 11.9. The molecule has 2 aliphatic rings. The van der Waals surface area contributed by atoms with Crippen molar-refractivity contribution in [1.82, 2.24) is 19.9 Å². The zero-order valence-corrected chi connectivity index (χ0v) is 17.8. The summed E-state index contributed by atoms with van der Waals surface area (Å²) in [6, 6.07) is 12.2. The van der Waals surface area contributed by atoms with E-state index in [2.05, 4.69) is 39.9 Å². The molecular formula is C24H27N5O2. The molecule has 0 atom stereocenters. The molecule has 3 aromatic rings. The number of anilines is 1. The lowest BCUT2D eigenvalue weighted by atomic mass is 10.1. The normalized spacial score (nSPS) is 16.7. The van der Waals surface area contributed by atoms with Crippen molar-refractivity contribution in [2.75, 3.05) is 37.7 Å². The van der Waals surface area contributed by atoms with Crippen molar-refractivity contribution >= 4 is 5.95 Å². The van der Waals surface area contributed by atoms with Crippen LogP contribution in [0.25, 0.3) is 0 Å². The van der Waals surface area contributed by atoms with Crippen LogP contribution in [0.15, 0.2) is 48.8 Å². The Morgan fingerprint density at radius 2 is 1.81 bits per heavy atom. The second-order valence-electron chi connectivity index (χ2n) is 8.04. The van der Waals surface area contributed by atoms with Gasteiger partial charge in [-0.2, -0.15) is 4.98 Å². The molecule has 7 nitrogen and oxygen atoms in total. The number of ether oxygens (including phenoxy) is 2. The van der Waals surface area contributed by atoms with E-state index in [0.717, 1.165) is 67.7 Å². The highest BCUT2D eigenvalue weighted by Gasteiger charge is 2.26. The van der Waals surface area contributed by atoms with E-state index < -0.39 is 0 Å². The van der Waals surface area contributed by atoms with Gasteiger partial charge < -0.3 is 14.4 Å². The van der Waals surface area contributed by atoms with Crippen LogP contribution >= 0.6 is 0 Å². The molecular weight excluding hydrogens is 390 g/mol. The van der Waals surface area contributed by atoms with E-state index in [9.17, 15) is 0 Å². The van der Waals surface area contributed by atoms with Crippen LogP contribution in [-0.4, -0.2) is 52.7 Å². The molecule has 0 unspecified atom stereocenters. The molecule has 7 heteroatoms. The third-order valence-corrected chi connectivity index (χ3v) is 5.84. The van der Waals surface area contributed by atoms with Gasteiger partial charge in [-0.1, -0.05) is 18.2 Å². The van der Waals surface area contributed by atoms with Crippen molar-refractivity contribution < 1.29 is 9.47 Å². The average Bonchev–Trinajstić information content (AvgIpc) is 2.82. The van der Waals surface area contributed by atoms with Crippen LogP contribution in [0.2, 0.25) is 0 Å². The molecule has 1 saturated heterocycles. The Labute approximate surface area is 182 Å². The van der Waals surface area contributed by atoms with Gasteiger partial charge in [0.15, 0.2) is 0 Å². The third-order valence-electron chi connectivity index (χ3n) is 5.84. The van der Waals surface area contributed by atoms with Crippen LogP contribution in [0.3, 0.4) is 0 Å². The van der Waals surface area contributed by atoms with Gasteiger partial charge in [-0.15, -0.1) is 0 Å². The van der Waals surface area contributed by atoms with Gasteiger partial charge in [-0.05, 0) is 36.2 Å². The maximum absolute atomic E-state index is 6.39. The average molecular weight is 418 g/mol. The number of aromatic nitrogens is 3. The van der Waals surface area contributed by atoms with Gasteiger partial charge in [0.25, 0.3) is 0 Å². The zero-order chi connectivity index (χ0) is 21.0. The maximum Gasteiger partial charge on any atom is 0.229 e. The quantitative estimate of drug-likeness (QED) is 0.631. The van der Waals surface area contributed by atoms with Crippen molar-refractivity contribution in [2.24, 2.45) is 0 Å². The number of hydrogen-bond donors (Lipinski definition) is 0. The summed E-state index contributed by atoms with van der Waals surface area (Å²) in [6.07, 6.45) is 4.57. The Hall–Kier alpha value is -3.03. The Balaban J connectivity index is 1.47. The Kier molecular flexibility index (Phi) is 5.78. The maximum atomic E-state index is 6.39. The van der Waals surface area contributed by atoms with E-state index in [-0.39, 0.29) is 0 Å². The first-order chi connectivity index (χ1) is 15.3. The van der Waals surface area contributed by atoms with E-state index in [1.165, 1.54) is 5.56 Å². The summed E-state index contributed by atoms with van der Waals surface area (Å²) in [5.74, 6) is 2.25. The van der Waals surface area contributed by atoms with Crippen LogP contribution in [-0.2, 0) is 24.2 Å². The number of pyridine rings is 1. The Morgan fingerprint density at radius 3 is 2.61 bits per heavy atom. The SMILES string of the molecule is Cc1ccccc1Oc1nc(N2CCOCC2)nc2c1CN(Cc1ccncc1)CC2. The lowest BCUT2D eigenvalue weighted by Crippen LogP contribution is -2.38. The predicted octanol–water partition coefficient (Wildman–Crippen LogP) is 3.37. The van der Waals surface area contributed by atoms with E-state index in [4.69, 9.17) is 19.4 Å². The van der Waals surface area contributed by atoms with E-state index >= 15 is 0 Å². The Morgan fingerprint density at radius 1 is 1.00 bits per heavy atom. The summed E-state index contributed by atoms with van der Waals surface area (Å²) in [4.78, 5) is 18.6. The van der Waals surface area contributed by atoms with Gasteiger partial charge in [0.2, 0.25) is 11.8 Å². The van der Waals surface area contributed by atoms with E-state index in [0.29, 0.717) is 19.1 Å². The highest BCUT2D eigenvalue weighted by molar-refractivity contribution is 5.45. The van der Waals surface area contributed by atoms with Crippen molar-refractivity contribution in [2.45, 2.75) is 26.4 Å². The molecule has 31 heavy (non-hydrogen) atoms. The molecule has 0 saturated carbocycles. The fourth-order valence-electron chi connectivity index (χ4n) is 4.07. The standard InChI is InChI=1S/C24H27N5O2/c1-18-4-2-3-5-22(18)31-23-20-17-28(16-19-6-9-25-10-7-19)11-8-21(20)26-24(27-23)29-12-14-30-15-13-29/h2-7,9-10H,8,11-17H2,1H3. The van der Waals surface area contributed by atoms with E-state index in [1.807, 2.05) is 30.6 Å². The van der Waals surface area contributed by atoms with Crippen LogP contribution in [0.4, 0.5) is 5.95 Å². The van der Waals surface area contributed by atoms with Crippen LogP contribution < -0.4 is 9.64 Å². The van der Waals surface area contributed by atoms with Crippen LogP contribution in [0.5, 0.6) is 11.6 Å². The van der Waals surface area contributed by atoms with Gasteiger partial charge in [0.1, 0.15) is 5.75 Å². The topological polar surface area (TPSA) is 63.6 Å². The van der Waals surface area contributed by atoms with Crippen molar-refractivity contribution in [3.8, 4) is 11.6 Å². The number of hydrogen-bond acceptors (Lipinski definition) is 7. The number of morpholine rings is 1. The van der Waals surface area contributed by atoms with Crippen LogP contribution in [0, 0.1) is 6.92 Å². The summed E-state index contributed by atoms with van der Waals surface area (Å²) in [7, 11) is 0. The molecule has 1 fully saturated rings. The second-order valence-corrected chi connectivity index (χ2v) is 8.04. The molecule has 0 radical (unpaired) electrons. The summed E-state index contributed by atoms with van der Waals surface area (Å²) in [5.41, 5.74) is 4.52. The number of para-hydroxylation sites is 1. The summed E-state index contributed by atoms with van der Waals surface area (Å²) in [5, 5.41) is 0. The molecule has 1 aromatic carbocycles. The van der Waals surface area contributed by atoms with Gasteiger partial charge in [0, 0.05) is 51.5 Å². The number of aryl methyl sites for hydroxylation is 1. The van der Waals surface area contributed by atoms with Gasteiger partial charge in [-0.25, -0.2) is 4.98 Å². The minimum Gasteiger partial charge on any atom is -0.438 e. The smallest absolute Gasteiger partial charge is 0.229 e. The molecule has 5 rings (SSSR count). The number of benzene rings is 1. The Bertz CT molecular complexity index is 1040. The number of rotatable bonds is 5. The minimum atomic E-state index is 0.667. The molecule has 0 amide bonds. The fraction of sp³-hybridized carbons (Fsp3) is 0.375. The molecule has 160 valence electrons. The van der Waals surface area contributed by atoms with Crippen molar-refractivity contribution in [1.29, 1.82) is 0 Å². The molecule has 2 aromatic heterocycles. The molecule has 2 aliphatic heterocycles. The number of nitrogens with zero attached hydrogens (tertiary/aromatic N) is 5. The van der Waals surface area contributed by atoms with Gasteiger partial charge >= 0.3 is 0 Å². The van der Waals surface area contributed by atoms with E-state index in [1.54, 1.807) is 0 Å². The first-order valence-corrected chi connectivity index (χ1v) is 10.8. The first kappa shape index (κ1) is 19.9. The first-order valence-electron chi connectivity index (χ1n) is 10.8. The molecule has 0 aliphatic carbocycles. The minimum absolute atomic E-state index is 0.667. The zero-order valence-electron chi connectivity index (χ0n) is 17.8. The largest absolute Gasteiger partial charge is 0.438 e. The third kappa shape index (κ3) is 4.52. The summed E-state index contributed by atoms with van der Waals surface area (Å²) >= 11 is 0. The highest BCUT2D eigenvalue weighted by atomic mass is 16.5. The number of fused-ring (bicyclic) bond motifs is 1. The lowest BCUT2D eigenvalue weighted by molar-refractivity contribution is 0.122. The van der Waals surface area contributed by atoms with Gasteiger partial charge in [-0.3, -0.25) is 9.88 Å². The molecule has 0 spiro atoms. The predicted molar refractivity (Wildman–Crippen MR) is 118 cm³/mol. The highest BCUT2D eigenvalue weighted by Crippen LogP contribution is 2.33.